The zero-order valence-corrected chi connectivity index (χ0v) is 17.6. The average molecular weight is 477 g/mol. The minimum atomic E-state index is -5.01. The second kappa shape index (κ2) is 9.28. The van der Waals surface area contributed by atoms with Crippen LogP contribution in [-0.4, -0.2) is 47.4 Å². The van der Waals surface area contributed by atoms with Crippen LogP contribution in [0.15, 0.2) is 24.3 Å². The molecule has 0 radical (unpaired) electrons. The molecule has 3 heterocycles. The van der Waals surface area contributed by atoms with Crippen molar-refractivity contribution in [2.75, 3.05) is 18.5 Å². The molecule has 1 saturated heterocycles. The van der Waals surface area contributed by atoms with Crippen molar-refractivity contribution in [2.24, 2.45) is 17.6 Å². The standard InChI is InChI=1S/C20H19BF3N5O5/c22-20(23,24)33-16-6-14(5-11-1-3-21(31)34-17(11)16)27-19-15(18(26)30)9-29(28-19)8-13-10-32-4-2-12(13)7-25/h1,3,5-6,9,12-13,31H,2,4,8,10H2,(H2,26,30)(H,27,28)/t12-,13?/m1/s1. The molecule has 2 aliphatic heterocycles. The first-order valence-electron chi connectivity index (χ1n) is 10.2. The molecular formula is C20H19BF3N5O5. The molecule has 1 aromatic heterocycles. The number of halogens is 3. The van der Waals surface area contributed by atoms with Crippen LogP contribution in [0.3, 0.4) is 0 Å². The van der Waals surface area contributed by atoms with Gasteiger partial charge in [0.25, 0.3) is 5.91 Å². The van der Waals surface area contributed by atoms with E-state index in [9.17, 15) is 28.3 Å². The van der Waals surface area contributed by atoms with Crippen LogP contribution in [0.1, 0.15) is 22.3 Å². The van der Waals surface area contributed by atoms with E-state index in [2.05, 4.69) is 21.2 Å². The fraction of sp³-hybridized carbons (Fsp3) is 0.350. The maximum absolute atomic E-state index is 12.9. The smallest absolute Gasteiger partial charge is 0.530 e. The van der Waals surface area contributed by atoms with E-state index in [-0.39, 0.29) is 46.8 Å². The molecular weight excluding hydrogens is 458 g/mol. The molecule has 34 heavy (non-hydrogen) atoms. The molecule has 10 nitrogen and oxygen atoms in total. The minimum Gasteiger partial charge on any atom is -0.530 e. The number of nitrogens with one attached hydrogen (secondary N) is 1. The van der Waals surface area contributed by atoms with Gasteiger partial charge in [-0.3, -0.25) is 9.48 Å². The molecule has 1 aromatic carbocycles. The van der Waals surface area contributed by atoms with Crippen molar-refractivity contribution < 1.29 is 37.1 Å². The normalized spacial score (nSPS) is 19.7. The minimum absolute atomic E-state index is 0.00320. The van der Waals surface area contributed by atoms with Crippen molar-refractivity contribution >= 4 is 30.6 Å². The van der Waals surface area contributed by atoms with Crippen molar-refractivity contribution in [3.63, 3.8) is 0 Å². The fourth-order valence-electron chi connectivity index (χ4n) is 3.80. The van der Waals surface area contributed by atoms with Gasteiger partial charge in [0, 0.05) is 42.6 Å². The fourth-order valence-corrected chi connectivity index (χ4v) is 3.80. The van der Waals surface area contributed by atoms with E-state index in [1.165, 1.54) is 29.0 Å². The second-order valence-corrected chi connectivity index (χ2v) is 7.77. The average Bonchev–Trinajstić information content (AvgIpc) is 3.16. The highest BCUT2D eigenvalue weighted by atomic mass is 19.4. The molecule has 178 valence electrons. The highest BCUT2D eigenvalue weighted by Gasteiger charge is 2.35. The van der Waals surface area contributed by atoms with Crippen LogP contribution < -0.4 is 20.4 Å². The van der Waals surface area contributed by atoms with E-state index >= 15 is 0 Å². The number of nitrogens with zero attached hydrogens (tertiary/aromatic N) is 3. The van der Waals surface area contributed by atoms with Crippen LogP contribution in [-0.2, 0) is 11.3 Å². The van der Waals surface area contributed by atoms with Crippen molar-refractivity contribution in [1.82, 2.24) is 9.78 Å². The Labute approximate surface area is 191 Å². The third kappa shape index (κ3) is 5.27. The lowest BCUT2D eigenvalue weighted by Gasteiger charge is -2.26. The predicted octanol–water partition coefficient (Wildman–Crippen LogP) is 2.23. The molecule has 2 aromatic rings. The first-order valence-corrected chi connectivity index (χ1v) is 10.2. The monoisotopic (exact) mass is 477 g/mol. The number of primary amides is 1. The van der Waals surface area contributed by atoms with E-state index in [0.29, 0.717) is 19.6 Å². The second-order valence-electron chi connectivity index (χ2n) is 7.77. The number of rotatable bonds is 6. The van der Waals surface area contributed by atoms with E-state index in [4.69, 9.17) is 15.1 Å². The van der Waals surface area contributed by atoms with Gasteiger partial charge >= 0.3 is 13.5 Å². The zero-order chi connectivity index (χ0) is 24.5. The Morgan fingerprint density at radius 2 is 2.26 bits per heavy atom. The molecule has 1 unspecified atom stereocenters. The van der Waals surface area contributed by atoms with Gasteiger partial charge in [-0.2, -0.15) is 10.4 Å². The van der Waals surface area contributed by atoms with E-state index < -0.39 is 25.1 Å². The number of fused-ring (bicyclic) bond motifs is 1. The number of nitrogens with two attached hydrogens (primary N) is 1. The first-order chi connectivity index (χ1) is 16.1. The van der Waals surface area contributed by atoms with Gasteiger partial charge in [-0.15, -0.1) is 13.2 Å². The molecule has 2 aliphatic rings. The summed E-state index contributed by atoms with van der Waals surface area (Å²) < 4.78 is 54.8. The van der Waals surface area contributed by atoms with E-state index in [1.54, 1.807) is 0 Å². The predicted molar refractivity (Wildman–Crippen MR) is 113 cm³/mol. The van der Waals surface area contributed by atoms with Crippen LogP contribution in [0.2, 0.25) is 0 Å². The molecule has 14 heteroatoms. The van der Waals surface area contributed by atoms with Gasteiger partial charge < -0.3 is 30.2 Å². The number of ether oxygens (including phenoxy) is 2. The number of benzene rings is 1. The first kappa shape index (κ1) is 23.5. The Bertz CT molecular complexity index is 1160. The van der Waals surface area contributed by atoms with Crippen LogP contribution in [0.4, 0.5) is 24.7 Å². The molecule has 4 rings (SSSR count). The Morgan fingerprint density at radius 1 is 1.47 bits per heavy atom. The molecule has 0 bridgehead atoms. The van der Waals surface area contributed by atoms with Crippen LogP contribution >= 0.6 is 0 Å². The summed E-state index contributed by atoms with van der Waals surface area (Å²) in [6, 6.07) is 4.68. The van der Waals surface area contributed by atoms with Gasteiger partial charge in [0.1, 0.15) is 5.56 Å². The summed E-state index contributed by atoms with van der Waals surface area (Å²) in [4.78, 5) is 12.0. The number of alkyl halides is 3. The van der Waals surface area contributed by atoms with Crippen molar-refractivity contribution in [3.05, 3.63) is 35.4 Å². The lowest BCUT2D eigenvalue weighted by molar-refractivity contribution is -0.275. The SMILES string of the molecule is N#C[C@H]1CCOCC1Cn1cc(C(N)=O)c(Nc2cc3c(c(OC(F)(F)F)c2)OB(O)C=C3)n1. The largest absolute Gasteiger partial charge is 0.573 e. The summed E-state index contributed by atoms with van der Waals surface area (Å²) in [6.07, 6.45) is -1.66. The third-order valence-electron chi connectivity index (χ3n) is 5.34. The van der Waals surface area contributed by atoms with Crippen molar-refractivity contribution in [3.8, 4) is 17.6 Å². The molecule has 0 saturated carbocycles. The van der Waals surface area contributed by atoms with Crippen LogP contribution in [0.5, 0.6) is 11.5 Å². The highest BCUT2D eigenvalue weighted by molar-refractivity contribution is 6.51. The number of nitriles is 1. The van der Waals surface area contributed by atoms with Crippen LogP contribution in [0, 0.1) is 23.2 Å². The Kier molecular flexibility index (Phi) is 6.40. The number of hydrogen-bond acceptors (Lipinski definition) is 8. The Hall–Kier alpha value is -3.70. The van der Waals surface area contributed by atoms with E-state index in [1.807, 2.05) is 0 Å². The van der Waals surface area contributed by atoms with E-state index in [0.717, 1.165) is 6.07 Å². The van der Waals surface area contributed by atoms with Gasteiger partial charge in [-0.25, -0.2) is 0 Å². The molecule has 2 atom stereocenters. The van der Waals surface area contributed by atoms with Gasteiger partial charge in [-0.05, 0) is 18.5 Å². The summed E-state index contributed by atoms with van der Waals surface area (Å²) in [5.41, 5.74) is 5.77. The summed E-state index contributed by atoms with van der Waals surface area (Å²) >= 11 is 0. The third-order valence-corrected chi connectivity index (χ3v) is 5.34. The Balaban J connectivity index is 1.64. The maximum Gasteiger partial charge on any atom is 0.573 e. The number of anilines is 2. The number of carbonyl (C=O) groups is 1. The van der Waals surface area contributed by atoms with Crippen molar-refractivity contribution in [1.29, 1.82) is 5.26 Å². The van der Waals surface area contributed by atoms with Crippen molar-refractivity contribution in [2.45, 2.75) is 19.3 Å². The summed E-state index contributed by atoms with van der Waals surface area (Å²) in [5.74, 6) is -0.929. The number of hydrogen-bond donors (Lipinski definition) is 3. The van der Waals surface area contributed by atoms with Gasteiger partial charge in [-0.1, -0.05) is 6.08 Å². The van der Waals surface area contributed by atoms with Gasteiger partial charge in [0.15, 0.2) is 17.3 Å². The van der Waals surface area contributed by atoms with Gasteiger partial charge in [0.05, 0.1) is 18.6 Å². The number of carbonyl (C=O) groups excluding carboxylic acids is 1. The summed E-state index contributed by atoms with van der Waals surface area (Å²) in [6.45, 7) is 1.12. The summed E-state index contributed by atoms with van der Waals surface area (Å²) in [7, 11) is -1.43. The van der Waals surface area contributed by atoms with Gasteiger partial charge in [0.2, 0.25) is 0 Å². The molecule has 4 N–H and O–H groups in total. The Morgan fingerprint density at radius 3 is 2.97 bits per heavy atom. The zero-order valence-electron chi connectivity index (χ0n) is 17.6. The molecule has 0 aliphatic carbocycles. The topological polar surface area (TPSA) is 145 Å². The quantitative estimate of drug-likeness (QED) is 0.538. The number of aromatic nitrogens is 2. The maximum atomic E-state index is 12.9. The highest BCUT2D eigenvalue weighted by Crippen LogP contribution is 2.41. The summed E-state index contributed by atoms with van der Waals surface area (Å²) in [5, 5.41) is 26.1. The lowest BCUT2D eigenvalue weighted by Crippen LogP contribution is -2.30. The molecule has 1 fully saturated rings. The molecule has 1 amide bonds. The van der Waals surface area contributed by atoms with Crippen LogP contribution in [0.25, 0.3) is 6.08 Å². The lowest BCUT2D eigenvalue weighted by atomic mass is 9.86. The number of amides is 1. The molecule has 0 spiro atoms.